The van der Waals surface area contributed by atoms with Crippen LogP contribution in [0.25, 0.3) is 0 Å². The highest BCUT2D eigenvalue weighted by Gasteiger charge is 2.11. The molecule has 0 saturated carbocycles. The number of halogens is 1. The van der Waals surface area contributed by atoms with Crippen LogP contribution in [-0.4, -0.2) is 50.8 Å². The van der Waals surface area contributed by atoms with E-state index < -0.39 is 11.8 Å². The molecule has 32 heavy (non-hydrogen) atoms. The predicted octanol–water partition coefficient (Wildman–Crippen LogP) is 2.27. The number of amides is 3. The molecule has 0 radical (unpaired) electrons. The molecule has 2 aromatic rings. The average Bonchev–Trinajstić information content (AvgIpc) is 2.78. The number of hydrogen-bond acceptors (Lipinski definition) is 6. The molecule has 0 heterocycles. The number of benzene rings is 2. The van der Waals surface area contributed by atoms with E-state index in [1.54, 1.807) is 43.5 Å². The summed E-state index contributed by atoms with van der Waals surface area (Å²) in [5.74, 6) is -1.46. The number of hydrazone groups is 1. The van der Waals surface area contributed by atoms with E-state index in [1.165, 1.54) is 6.21 Å². The summed E-state index contributed by atoms with van der Waals surface area (Å²) in [6, 6.07) is 11.9. The first-order valence-corrected chi connectivity index (χ1v) is 10.2. The van der Waals surface area contributed by atoms with E-state index >= 15 is 0 Å². The second kappa shape index (κ2) is 13.1. The minimum absolute atomic E-state index is 0.172. The van der Waals surface area contributed by atoms with Crippen molar-refractivity contribution in [2.24, 2.45) is 5.10 Å². The summed E-state index contributed by atoms with van der Waals surface area (Å²) >= 11 is 5.95. The second-order valence-electron chi connectivity index (χ2n) is 6.67. The third kappa shape index (κ3) is 8.75. The second-order valence-corrected chi connectivity index (χ2v) is 7.10. The molecule has 0 unspecified atom stereocenters. The van der Waals surface area contributed by atoms with Crippen molar-refractivity contribution < 1.29 is 23.9 Å². The van der Waals surface area contributed by atoms with Gasteiger partial charge < -0.3 is 20.1 Å². The molecule has 170 valence electrons. The molecular formula is C22H25ClN4O5. The van der Waals surface area contributed by atoms with Gasteiger partial charge in [-0.2, -0.15) is 5.10 Å². The molecule has 3 amide bonds. The lowest BCUT2D eigenvalue weighted by Crippen LogP contribution is -2.38. The molecule has 9 nitrogen and oxygen atoms in total. The van der Waals surface area contributed by atoms with Crippen molar-refractivity contribution >= 4 is 41.2 Å². The minimum atomic E-state index is -0.862. The van der Waals surface area contributed by atoms with Gasteiger partial charge in [0.25, 0.3) is 5.91 Å². The summed E-state index contributed by atoms with van der Waals surface area (Å²) in [5, 5.41) is 9.49. The third-order valence-corrected chi connectivity index (χ3v) is 4.36. The molecule has 0 aromatic heterocycles. The van der Waals surface area contributed by atoms with Crippen LogP contribution in [0.3, 0.4) is 0 Å². The summed E-state index contributed by atoms with van der Waals surface area (Å²) in [5.41, 5.74) is 4.33. The van der Waals surface area contributed by atoms with E-state index in [2.05, 4.69) is 21.2 Å². The Hall–Kier alpha value is -3.43. The number of aryl methyl sites for hydroxylation is 1. The van der Waals surface area contributed by atoms with Crippen molar-refractivity contribution in [3.8, 4) is 5.75 Å². The fourth-order valence-electron chi connectivity index (χ4n) is 2.43. The van der Waals surface area contributed by atoms with E-state index in [4.69, 9.17) is 21.1 Å². The Labute approximate surface area is 191 Å². The average molecular weight is 461 g/mol. The van der Waals surface area contributed by atoms with Crippen LogP contribution in [0.2, 0.25) is 5.02 Å². The van der Waals surface area contributed by atoms with Crippen LogP contribution in [0.15, 0.2) is 47.6 Å². The Morgan fingerprint density at radius 1 is 1.09 bits per heavy atom. The number of nitrogens with one attached hydrogen (secondary N) is 3. The summed E-state index contributed by atoms with van der Waals surface area (Å²) in [4.78, 5) is 35.3. The smallest absolute Gasteiger partial charge is 0.329 e. The molecule has 0 atom stereocenters. The van der Waals surface area contributed by atoms with E-state index in [9.17, 15) is 14.4 Å². The number of ether oxygens (including phenoxy) is 2. The van der Waals surface area contributed by atoms with E-state index in [1.807, 2.05) is 13.0 Å². The van der Waals surface area contributed by atoms with Gasteiger partial charge in [0.1, 0.15) is 5.75 Å². The lowest BCUT2D eigenvalue weighted by Gasteiger charge is -2.10. The highest BCUT2D eigenvalue weighted by molar-refractivity contribution is 6.35. The SMILES string of the molecule is COCCCNC(=O)C(=O)N/N=C\c1ccc(OCC(=O)Nc2cc(Cl)ccc2C)cc1. The zero-order chi connectivity index (χ0) is 23.3. The van der Waals surface area contributed by atoms with Crippen LogP contribution < -0.4 is 20.8 Å². The summed E-state index contributed by atoms with van der Waals surface area (Å²) < 4.78 is 10.3. The molecule has 10 heteroatoms. The Morgan fingerprint density at radius 2 is 1.84 bits per heavy atom. The van der Waals surface area contributed by atoms with Crippen molar-refractivity contribution in [2.45, 2.75) is 13.3 Å². The zero-order valence-corrected chi connectivity index (χ0v) is 18.6. The van der Waals surface area contributed by atoms with E-state index in [-0.39, 0.29) is 12.5 Å². The van der Waals surface area contributed by atoms with Crippen LogP contribution in [0.1, 0.15) is 17.5 Å². The molecule has 0 saturated heterocycles. The Bertz CT molecular complexity index is 963. The lowest BCUT2D eigenvalue weighted by atomic mass is 10.2. The number of nitrogens with zero attached hydrogens (tertiary/aromatic N) is 1. The van der Waals surface area contributed by atoms with Crippen molar-refractivity contribution in [3.05, 3.63) is 58.6 Å². The molecule has 2 rings (SSSR count). The van der Waals surface area contributed by atoms with Crippen LogP contribution in [0, 0.1) is 6.92 Å². The summed E-state index contributed by atoms with van der Waals surface area (Å²) in [7, 11) is 1.56. The van der Waals surface area contributed by atoms with E-state index in [0.29, 0.717) is 41.6 Å². The number of anilines is 1. The van der Waals surface area contributed by atoms with Gasteiger partial charge in [0.05, 0.1) is 6.21 Å². The largest absolute Gasteiger partial charge is 0.484 e. The fraction of sp³-hybridized carbons (Fsp3) is 0.273. The Kier molecular flexibility index (Phi) is 10.2. The minimum Gasteiger partial charge on any atom is -0.484 e. The molecule has 0 aliphatic heterocycles. The Morgan fingerprint density at radius 3 is 2.56 bits per heavy atom. The maximum atomic E-state index is 12.1. The van der Waals surface area contributed by atoms with Gasteiger partial charge in [-0.1, -0.05) is 17.7 Å². The van der Waals surface area contributed by atoms with Crippen molar-refractivity contribution in [2.75, 3.05) is 32.2 Å². The van der Waals surface area contributed by atoms with Gasteiger partial charge in [-0.3, -0.25) is 14.4 Å². The number of carbonyl (C=O) groups is 3. The third-order valence-electron chi connectivity index (χ3n) is 4.12. The molecular weight excluding hydrogens is 436 g/mol. The van der Waals surface area contributed by atoms with Gasteiger partial charge in [0.2, 0.25) is 0 Å². The van der Waals surface area contributed by atoms with Gasteiger partial charge in [0, 0.05) is 31.0 Å². The van der Waals surface area contributed by atoms with Crippen molar-refractivity contribution in [1.82, 2.24) is 10.7 Å². The quantitative estimate of drug-likeness (QED) is 0.217. The molecule has 0 spiro atoms. The van der Waals surface area contributed by atoms with Gasteiger partial charge >= 0.3 is 11.8 Å². The maximum Gasteiger partial charge on any atom is 0.329 e. The first-order chi connectivity index (χ1) is 15.4. The van der Waals surface area contributed by atoms with E-state index in [0.717, 1.165) is 5.56 Å². The van der Waals surface area contributed by atoms with Crippen LogP contribution in [0.5, 0.6) is 5.75 Å². The monoisotopic (exact) mass is 460 g/mol. The molecule has 2 aromatic carbocycles. The Balaban J connectivity index is 1.75. The summed E-state index contributed by atoms with van der Waals surface area (Å²) in [6.45, 7) is 2.52. The number of hydrogen-bond donors (Lipinski definition) is 3. The first kappa shape index (κ1) is 24.8. The normalized spacial score (nSPS) is 10.6. The first-order valence-electron chi connectivity index (χ1n) is 9.78. The molecule has 0 aliphatic carbocycles. The fourth-order valence-corrected chi connectivity index (χ4v) is 2.60. The van der Waals surface area contributed by atoms with Gasteiger partial charge in [-0.15, -0.1) is 0 Å². The van der Waals surface area contributed by atoms with Crippen LogP contribution in [0.4, 0.5) is 5.69 Å². The summed E-state index contributed by atoms with van der Waals surface area (Å²) in [6.07, 6.45) is 1.99. The van der Waals surface area contributed by atoms with Gasteiger partial charge in [-0.05, 0) is 60.9 Å². The van der Waals surface area contributed by atoms with Gasteiger partial charge in [0.15, 0.2) is 6.61 Å². The maximum absolute atomic E-state index is 12.1. The topological polar surface area (TPSA) is 118 Å². The predicted molar refractivity (Wildman–Crippen MR) is 122 cm³/mol. The van der Waals surface area contributed by atoms with Crippen molar-refractivity contribution in [1.29, 1.82) is 0 Å². The van der Waals surface area contributed by atoms with Crippen molar-refractivity contribution in [3.63, 3.8) is 0 Å². The van der Waals surface area contributed by atoms with Crippen LogP contribution in [-0.2, 0) is 19.1 Å². The van der Waals surface area contributed by atoms with Gasteiger partial charge in [-0.25, -0.2) is 5.43 Å². The standard InChI is InChI=1S/C22H25ClN4O5/c1-15-4-7-17(23)12-19(15)26-20(28)14-32-18-8-5-16(6-9-18)13-25-27-22(30)21(29)24-10-3-11-31-2/h4-9,12-13H,3,10-11,14H2,1-2H3,(H,24,29)(H,26,28)(H,27,30)/b25-13-. The molecule has 0 bridgehead atoms. The lowest BCUT2D eigenvalue weighted by molar-refractivity contribution is -0.139. The molecule has 0 aliphatic rings. The number of carbonyl (C=O) groups excluding carboxylic acids is 3. The molecule has 0 fully saturated rings. The number of methoxy groups -OCH3 is 1. The zero-order valence-electron chi connectivity index (χ0n) is 17.8. The molecule has 3 N–H and O–H groups in total. The highest BCUT2D eigenvalue weighted by Crippen LogP contribution is 2.20. The number of rotatable bonds is 10. The highest BCUT2D eigenvalue weighted by atomic mass is 35.5. The van der Waals surface area contributed by atoms with Crippen LogP contribution >= 0.6 is 11.6 Å².